The molecular weight excluding hydrogens is 234 g/mol. The van der Waals surface area contributed by atoms with Crippen LogP contribution in [0, 0.1) is 6.92 Å². The Morgan fingerprint density at radius 1 is 1.41 bits per heavy atom. The highest BCUT2D eigenvalue weighted by atomic mass is 35.5. The fourth-order valence-corrected chi connectivity index (χ4v) is 2.13. The lowest BCUT2D eigenvalue weighted by atomic mass is 10.1. The molecule has 0 aliphatic heterocycles. The van der Waals surface area contributed by atoms with E-state index in [0.29, 0.717) is 6.04 Å². The topological polar surface area (TPSA) is 21.3 Å². The van der Waals surface area contributed by atoms with Gasteiger partial charge in [-0.3, -0.25) is 0 Å². The summed E-state index contributed by atoms with van der Waals surface area (Å²) in [5.74, 6) is 0. The first kappa shape index (κ1) is 14.5. The third-order valence-electron chi connectivity index (χ3n) is 2.89. The van der Waals surface area contributed by atoms with Crippen molar-refractivity contribution in [2.75, 3.05) is 13.7 Å². The van der Waals surface area contributed by atoms with Crippen LogP contribution in [0.4, 0.5) is 0 Å². The molecule has 1 rings (SSSR count). The predicted molar refractivity (Wildman–Crippen MR) is 73.6 cm³/mol. The number of halogens is 1. The molecule has 96 valence electrons. The van der Waals surface area contributed by atoms with Gasteiger partial charge < -0.3 is 10.1 Å². The largest absolute Gasteiger partial charge is 0.383 e. The molecule has 3 heteroatoms. The summed E-state index contributed by atoms with van der Waals surface area (Å²) in [6.45, 7) is 5.92. The summed E-state index contributed by atoms with van der Waals surface area (Å²) in [6, 6.07) is 6.46. The van der Waals surface area contributed by atoms with E-state index in [4.69, 9.17) is 16.3 Å². The van der Waals surface area contributed by atoms with E-state index in [2.05, 4.69) is 25.2 Å². The van der Waals surface area contributed by atoms with Crippen molar-refractivity contribution in [3.8, 4) is 0 Å². The zero-order chi connectivity index (χ0) is 12.7. The van der Waals surface area contributed by atoms with Crippen LogP contribution in [0.1, 0.15) is 30.9 Å². The highest BCUT2D eigenvalue weighted by Gasteiger charge is 2.07. The second-order valence-electron chi connectivity index (χ2n) is 4.39. The number of nitrogens with one attached hydrogen (secondary N) is 1. The zero-order valence-electron chi connectivity index (χ0n) is 10.9. The number of rotatable bonds is 7. The summed E-state index contributed by atoms with van der Waals surface area (Å²) in [5.41, 5.74) is 2.53. The van der Waals surface area contributed by atoms with Crippen LogP contribution in [0.2, 0.25) is 5.02 Å². The van der Waals surface area contributed by atoms with Gasteiger partial charge in [0.15, 0.2) is 0 Å². The predicted octanol–water partition coefficient (Wildman–Crippen LogP) is 3.55. The van der Waals surface area contributed by atoms with Crippen molar-refractivity contribution in [1.29, 1.82) is 0 Å². The average molecular weight is 256 g/mol. The molecule has 17 heavy (non-hydrogen) atoms. The van der Waals surface area contributed by atoms with Crippen LogP contribution in [0.3, 0.4) is 0 Å². The number of hydrogen-bond donors (Lipinski definition) is 1. The normalized spacial score (nSPS) is 12.7. The van der Waals surface area contributed by atoms with Crippen LogP contribution < -0.4 is 5.32 Å². The minimum Gasteiger partial charge on any atom is -0.383 e. The van der Waals surface area contributed by atoms with E-state index in [1.165, 1.54) is 17.5 Å². The summed E-state index contributed by atoms with van der Waals surface area (Å²) in [6.07, 6.45) is 2.31. The van der Waals surface area contributed by atoms with E-state index >= 15 is 0 Å². The Kier molecular flexibility index (Phi) is 6.56. The second kappa shape index (κ2) is 7.70. The van der Waals surface area contributed by atoms with Crippen LogP contribution in [-0.4, -0.2) is 19.8 Å². The Hall–Kier alpha value is -0.570. The molecule has 0 saturated heterocycles. The molecule has 0 aliphatic carbocycles. The second-order valence-corrected chi connectivity index (χ2v) is 4.83. The fraction of sp³-hybridized carbons (Fsp3) is 0.571. The number of hydrogen-bond acceptors (Lipinski definition) is 2. The number of ether oxygens (including phenoxy) is 1. The van der Waals surface area contributed by atoms with Crippen molar-refractivity contribution < 1.29 is 4.74 Å². The quantitative estimate of drug-likeness (QED) is 0.805. The molecule has 0 fully saturated rings. The van der Waals surface area contributed by atoms with Crippen molar-refractivity contribution in [2.24, 2.45) is 0 Å². The van der Waals surface area contributed by atoms with Gasteiger partial charge in [-0.25, -0.2) is 0 Å². The molecule has 1 atom stereocenters. The monoisotopic (exact) mass is 255 g/mol. The van der Waals surface area contributed by atoms with Crippen LogP contribution in [0.5, 0.6) is 0 Å². The van der Waals surface area contributed by atoms with Gasteiger partial charge in [0.05, 0.1) is 6.61 Å². The first-order valence-corrected chi connectivity index (χ1v) is 6.52. The maximum Gasteiger partial charge on any atom is 0.0615 e. The zero-order valence-corrected chi connectivity index (χ0v) is 11.7. The van der Waals surface area contributed by atoms with E-state index in [1.54, 1.807) is 7.11 Å². The molecule has 0 aromatic heterocycles. The molecule has 0 radical (unpaired) electrons. The number of methoxy groups -OCH3 is 1. The summed E-state index contributed by atoms with van der Waals surface area (Å²) < 4.78 is 5.21. The molecule has 0 saturated carbocycles. The van der Waals surface area contributed by atoms with E-state index in [1.807, 2.05) is 12.1 Å². The Balaban J connectivity index is 2.52. The van der Waals surface area contributed by atoms with E-state index < -0.39 is 0 Å². The van der Waals surface area contributed by atoms with E-state index in [0.717, 1.165) is 24.6 Å². The number of aryl methyl sites for hydroxylation is 1. The first-order valence-electron chi connectivity index (χ1n) is 6.14. The molecular formula is C14H22ClNO. The molecule has 2 nitrogen and oxygen atoms in total. The maximum absolute atomic E-state index is 5.94. The Morgan fingerprint density at radius 3 is 2.76 bits per heavy atom. The summed E-state index contributed by atoms with van der Waals surface area (Å²) in [4.78, 5) is 0. The highest BCUT2D eigenvalue weighted by Crippen LogP contribution is 2.15. The highest BCUT2D eigenvalue weighted by molar-refractivity contribution is 6.30. The van der Waals surface area contributed by atoms with Gasteiger partial charge in [-0.2, -0.15) is 0 Å². The van der Waals surface area contributed by atoms with Gasteiger partial charge in [0.2, 0.25) is 0 Å². The Morgan fingerprint density at radius 2 is 2.18 bits per heavy atom. The minimum absolute atomic E-state index is 0.431. The summed E-state index contributed by atoms with van der Waals surface area (Å²) >= 11 is 5.94. The van der Waals surface area contributed by atoms with Crippen molar-refractivity contribution in [2.45, 2.75) is 39.3 Å². The van der Waals surface area contributed by atoms with E-state index in [9.17, 15) is 0 Å². The lowest BCUT2D eigenvalue weighted by Crippen LogP contribution is -2.32. The van der Waals surface area contributed by atoms with Gasteiger partial charge in [-0.15, -0.1) is 0 Å². The smallest absolute Gasteiger partial charge is 0.0615 e. The van der Waals surface area contributed by atoms with Crippen LogP contribution in [-0.2, 0) is 11.3 Å². The van der Waals surface area contributed by atoms with Gasteiger partial charge in [-0.05, 0) is 36.6 Å². The van der Waals surface area contributed by atoms with Gasteiger partial charge in [0.25, 0.3) is 0 Å². The SMILES string of the molecule is CCCC(COC)NCc1ccc(Cl)cc1C. The van der Waals surface area contributed by atoms with Gasteiger partial charge >= 0.3 is 0 Å². The molecule has 1 aromatic carbocycles. The molecule has 0 amide bonds. The molecule has 1 N–H and O–H groups in total. The van der Waals surface area contributed by atoms with Gasteiger partial charge in [0, 0.05) is 24.7 Å². The molecule has 0 bridgehead atoms. The molecule has 0 spiro atoms. The van der Waals surface area contributed by atoms with Gasteiger partial charge in [-0.1, -0.05) is 31.0 Å². The fourth-order valence-electron chi connectivity index (χ4n) is 1.91. The Bertz CT molecular complexity index is 335. The van der Waals surface area contributed by atoms with Crippen molar-refractivity contribution in [3.05, 3.63) is 34.3 Å². The summed E-state index contributed by atoms with van der Waals surface area (Å²) in [7, 11) is 1.75. The van der Waals surface area contributed by atoms with Gasteiger partial charge in [0.1, 0.15) is 0 Å². The molecule has 1 aromatic rings. The first-order chi connectivity index (χ1) is 8.17. The van der Waals surface area contributed by atoms with Crippen LogP contribution >= 0.6 is 11.6 Å². The molecule has 0 heterocycles. The third kappa shape index (κ3) is 5.07. The minimum atomic E-state index is 0.431. The van der Waals surface area contributed by atoms with Crippen LogP contribution in [0.25, 0.3) is 0 Å². The lowest BCUT2D eigenvalue weighted by molar-refractivity contribution is 0.161. The molecule has 0 aliphatic rings. The van der Waals surface area contributed by atoms with Crippen LogP contribution in [0.15, 0.2) is 18.2 Å². The van der Waals surface area contributed by atoms with Crippen molar-refractivity contribution in [1.82, 2.24) is 5.32 Å². The number of benzene rings is 1. The molecule has 1 unspecified atom stereocenters. The van der Waals surface area contributed by atoms with Crippen molar-refractivity contribution >= 4 is 11.6 Å². The average Bonchev–Trinajstić information content (AvgIpc) is 2.28. The Labute approximate surface area is 109 Å². The third-order valence-corrected chi connectivity index (χ3v) is 3.13. The maximum atomic E-state index is 5.94. The standard InChI is InChI=1S/C14H22ClNO/c1-4-5-14(10-17-3)16-9-12-6-7-13(15)8-11(12)2/h6-8,14,16H,4-5,9-10H2,1-3H3. The van der Waals surface area contributed by atoms with Crippen molar-refractivity contribution in [3.63, 3.8) is 0 Å². The summed E-state index contributed by atoms with van der Waals surface area (Å²) in [5, 5.41) is 4.33. The lowest BCUT2D eigenvalue weighted by Gasteiger charge is -2.18. The van der Waals surface area contributed by atoms with E-state index in [-0.39, 0.29) is 0 Å².